The minimum atomic E-state index is -0.184. The average molecular weight is 523 g/mol. The molecule has 1 saturated carbocycles. The molecular formula is C24H23Cl4N5. The van der Waals surface area contributed by atoms with Crippen molar-refractivity contribution < 1.29 is 0 Å². The molecule has 0 spiro atoms. The predicted octanol–water partition coefficient (Wildman–Crippen LogP) is 6.92. The molecule has 1 aliphatic carbocycles. The number of benzene rings is 2. The van der Waals surface area contributed by atoms with Gasteiger partial charge in [-0.05, 0) is 49.1 Å². The van der Waals surface area contributed by atoms with Gasteiger partial charge in [0, 0.05) is 22.9 Å². The SMILES string of the molecule is Cl.Cl.Cl.NC1(c2ccc(-c3c(Cl)nc4n3-c3cccnc3Nc3ccccc3-4)cc2)CCC1. The number of rotatable bonds is 2. The number of para-hydroxylation sites is 1. The highest BCUT2D eigenvalue weighted by Crippen LogP contribution is 2.44. The molecule has 2 aromatic carbocycles. The Bertz CT molecular complexity index is 1280. The molecule has 33 heavy (non-hydrogen) atoms. The molecule has 4 aromatic rings. The van der Waals surface area contributed by atoms with Gasteiger partial charge in [-0.15, -0.1) is 37.2 Å². The molecule has 1 aliphatic heterocycles. The molecule has 2 aromatic heterocycles. The summed E-state index contributed by atoms with van der Waals surface area (Å²) in [5.41, 5.74) is 12.2. The Morgan fingerprint density at radius 3 is 2.36 bits per heavy atom. The number of fused-ring (bicyclic) bond motifs is 5. The van der Waals surface area contributed by atoms with E-state index in [1.165, 1.54) is 12.0 Å². The van der Waals surface area contributed by atoms with Crippen LogP contribution in [0.4, 0.5) is 11.5 Å². The summed E-state index contributed by atoms with van der Waals surface area (Å²) in [6.45, 7) is 0. The summed E-state index contributed by atoms with van der Waals surface area (Å²) >= 11 is 6.73. The maximum absolute atomic E-state index is 6.73. The van der Waals surface area contributed by atoms with E-state index in [2.05, 4.69) is 39.1 Å². The van der Waals surface area contributed by atoms with Crippen LogP contribution in [0.15, 0.2) is 66.9 Å². The van der Waals surface area contributed by atoms with Crippen LogP contribution in [0.2, 0.25) is 5.15 Å². The van der Waals surface area contributed by atoms with Crippen molar-refractivity contribution in [2.45, 2.75) is 24.8 Å². The van der Waals surface area contributed by atoms with Gasteiger partial charge >= 0.3 is 0 Å². The first-order valence-corrected chi connectivity index (χ1v) is 10.5. The van der Waals surface area contributed by atoms with Crippen LogP contribution in [0.25, 0.3) is 28.3 Å². The van der Waals surface area contributed by atoms with E-state index in [0.717, 1.165) is 52.7 Å². The molecule has 2 aliphatic rings. The van der Waals surface area contributed by atoms with Gasteiger partial charge in [-0.1, -0.05) is 48.0 Å². The standard InChI is InChI=1S/C24H20ClN5.3ClH/c25-21-20(15-8-10-16(11-9-15)24(26)12-4-13-24)30-19-7-3-14-27-22(19)28-18-6-2-1-5-17(18)23(30)29-21;;;/h1-3,5-11,14H,4,12-13,26H2,(H,27,28);3*1H. The molecule has 0 bridgehead atoms. The molecule has 0 amide bonds. The van der Waals surface area contributed by atoms with Crippen molar-refractivity contribution in [3.05, 3.63) is 77.6 Å². The molecule has 9 heteroatoms. The Morgan fingerprint density at radius 2 is 1.67 bits per heavy atom. The Labute approximate surface area is 216 Å². The van der Waals surface area contributed by atoms with Crippen molar-refractivity contribution in [1.29, 1.82) is 0 Å². The number of hydrogen-bond donors (Lipinski definition) is 2. The minimum Gasteiger partial charge on any atom is -0.338 e. The van der Waals surface area contributed by atoms with Gasteiger partial charge < -0.3 is 11.1 Å². The normalized spacial score (nSPS) is 14.4. The van der Waals surface area contributed by atoms with Gasteiger partial charge in [-0.2, -0.15) is 0 Å². The van der Waals surface area contributed by atoms with E-state index in [4.69, 9.17) is 22.3 Å². The molecule has 172 valence electrons. The summed E-state index contributed by atoms with van der Waals surface area (Å²) in [6.07, 6.45) is 5.05. The highest BCUT2D eigenvalue weighted by atomic mass is 35.5. The number of anilines is 2. The van der Waals surface area contributed by atoms with Crippen molar-refractivity contribution in [3.63, 3.8) is 0 Å². The zero-order valence-electron chi connectivity index (χ0n) is 17.5. The average Bonchev–Trinajstić information content (AvgIpc) is 3.03. The second-order valence-corrected chi connectivity index (χ2v) is 8.40. The lowest BCUT2D eigenvalue weighted by atomic mass is 9.72. The Hall–Kier alpha value is -2.28. The van der Waals surface area contributed by atoms with Gasteiger partial charge in [0.05, 0.1) is 17.1 Å². The number of aromatic nitrogens is 3. The van der Waals surface area contributed by atoms with Crippen LogP contribution in [-0.2, 0) is 5.54 Å². The Balaban J connectivity index is 0.00000102. The van der Waals surface area contributed by atoms with E-state index in [0.29, 0.717) is 5.15 Å². The van der Waals surface area contributed by atoms with E-state index in [-0.39, 0.29) is 42.8 Å². The first-order valence-electron chi connectivity index (χ1n) is 10.1. The first kappa shape index (κ1) is 25.3. The number of nitrogens with two attached hydrogens (primary N) is 1. The van der Waals surface area contributed by atoms with Crippen LogP contribution in [0.5, 0.6) is 0 Å². The monoisotopic (exact) mass is 521 g/mol. The molecule has 0 unspecified atom stereocenters. The summed E-state index contributed by atoms with van der Waals surface area (Å²) in [5, 5.41) is 3.91. The van der Waals surface area contributed by atoms with Crippen molar-refractivity contribution in [1.82, 2.24) is 14.5 Å². The maximum atomic E-state index is 6.73. The number of hydrogen-bond acceptors (Lipinski definition) is 4. The second kappa shape index (κ2) is 9.53. The Morgan fingerprint density at radius 1 is 0.939 bits per heavy atom. The highest BCUT2D eigenvalue weighted by Gasteiger charge is 2.34. The fourth-order valence-corrected chi connectivity index (χ4v) is 4.73. The van der Waals surface area contributed by atoms with Crippen molar-refractivity contribution in [2.75, 3.05) is 5.32 Å². The zero-order valence-corrected chi connectivity index (χ0v) is 20.7. The highest BCUT2D eigenvalue weighted by molar-refractivity contribution is 6.32. The molecule has 0 saturated heterocycles. The van der Waals surface area contributed by atoms with E-state index in [1.807, 2.05) is 36.4 Å². The molecule has 3 N–H and O–H groups in total. The number of pyridine rings is 1. The van der Waals surface area contributed by atoms with Crippen LogP contribution in [0, 0.1) is 0 Å². The molecule has 1 fully saturated rings. The fourth-order valence-electron chi connectivity index (χ4n) is 4.45. The molecular weight excluding hydrogens is 500 g/mol. The molecule has 5 nitrogen and oxygen atoms in total. The van der Waals surface area contributed by atoms with E-state index < -0.39 is 0 Å². The summed E-state index contributed by atoms with van der Waals surface area (Å²) in [5.74, 6) is 1.56. The first-order chi connectivity index (χ1) is 14.6. The summed E-state index contributed by atoms with van der Waals surface area (Å²) in [6, 6.07) is 20.5. The molecule has 6 rings (SSSR count). The van der Waals surface area contributed by atoms with Crippen LogP contribution < -0.4 is 11.1 Å². The zero-order chi connectivity index (χ0) is 20.3. The largest absolute Gasteiger partial charge is 0.338 e. The third-order valence-corrected chi connectivity index (χ3v) is 6.53. The van der Waals surface area contributed by atoms with Gasteiger partial charge in [-0.25, -0.2) is 9.97 Å². The number of nitrogens with zero attached hydrogens (tertiary/aromatic N) is 3. The minimum absolute atomic E-state index is 0. The van der Waals surface area contributed by atoms with Gasteiger partial charge in [0.1, 0.15) is 5.82 Å². The summed E-state index contributed by atoms with van der Waals surface area (Å²) in [7, 11) is 0. The van der Waals surface area contributed by atoms with E-state index >= 15 is 0 Å². The van der Waals surface area contributed by atoms with Gasteiger partial charge in [-0.3, -0.25) is 4.57 Å². The summed E-state index contributed by atoms with van der Waals surface area (Å²) in [4.78, 5) is 9.33. The molecule has 0 radical (unpaired) electrons. The fraction of sp³-hybridized carbons (Fsp3) is 0.167. The smallest absolute Gasteiger partial charge is 0.156 e. The van der Waals surface area contributed by atoms with Gasteiger partial charge in [0.25, 0.3) is 0 Å². The van der Waals surface area contributed by atoms with Crippen LogP contribution in [0.3, 0.4) is 0 Å². The molecule has 0 atom stereocenters. The van der Waals surface area contributed by atoms with Crippen molar-refractivity contribution >= 4 is 60.3 Å². The van der Waals surface area contributed by atoms with Crippen LogP contribution in [0.1, 0.15) is 24.8 Å². The third kappa shape index (κ3) is 3.98. The van der Waals surface area contributed by atoms with Crippen LogP contribution >= 0.6 is 48.8 Å². The predicted molar refractivity (Wildman–Crippen MR) is 142 cm³/mol. The Kier molecular flexibility index (Phi) is 7.32. The van der Waals surface area contributed by atoms with Gasteiger partial charge in [0.2, 0.25) is 0 Å². The lowest BCUT2D eigenvalue weighted by molar-refractivity contribution is 0.253. The topological polar surface area (TPSA) is 68.8 Å². The number of imidazole rings is 1. The molecule has 3 heterocycles. The van der Waals surface area contributed by atoms with Gasteiger partial charge in [0.15, 0.2) is 11.0 Å². The van der Waals surface area contributed by atoms with Crippen LogP contribution in [-0.4, -0.2) is 14.5 Å². The lowest BCUT2D eigenvalue weighted by Crippen LogP contribution is -2.43. The maximum Gasteiger partial charge on any atom is 0.156 e. The lowest BCUT2D eigenvalue weighted by Gasteiger charge is -2.38. The van der Waals surface area contributed by atoms with Crippen molar-refractivity contribution in [3.8, 4) is 28.3 Å². The second-order valence-electron chi connectivity index (χ2n) is 8.04. The van der Waals surface area contributed by atoms with Crippen molar-refractivity contribution in [2.24, 2.45) is 5.73 Å². The van der Waals surface area contributed by atoms with E-state index in [9.17, 15) is 0 Å². The summed E-state index contributed by atoms with van der Waals surface area (Å²) < 4.78 is 2.10. The quantitative estimate of drug-likeness (QED) is 0.264. The third-order valence-electron chi connectivity index (χ3n) is 6.26. The number of halogens is 4. The van der Waals surface area contributed by atoms with E-state index in [1.54, 1.807) is 6.20 Å². The number of nitrogens with one attached hydrogen (secondary N) is 1.